The summed E-state index contributed by atoms with van der Waals surface area (Å²) in [4.78, 5) is 80.3. The number of nitro benzene ring substituents is 1. The summed E-state index contributed by atoms with van der Waals surface area (Å²) in [6.07, 6.45) is -0.0186. The number of nitro groups is 1. The summed E-state index contributed by atoms with van der Waals surface area (Å²) in [5.41, 5.74) is -2.72. The molecular formula is C39H48Cl2N8O11. The number of carboxylic acid groups (broad SMARTS) is 1. The van der Waals surface area contributed by atoms with Crippen molar-refractivity contribution in [2.24, 2.45) is 5.41 Å². The Morgan fingerprint density at radius 3 is 1.93 bits per heavy atom. The van der Waals surface area contributed by atoms with Gasteiger partial charge in [-0.2, -0.15) is 4.90 Å². The molecule has 0 bridgehead atoms. The van der Waals surface area contributed by atoms with E-state index >= 15 is 0 Å². The predicted octanol–water partition coefficient (Wildman–Crippen LogP) is 8.75. The highest BCUT2D eigenvalue weighted by Gasteiger charge is 2.43. The molecule has 19 nitrogen and oxygen atoms in total. The number of halogens is 2. The van der Waals surface area contributed by atoms with Crippen molar-refractivity contribution in [1.29, 1.82) is 0 Å². The summed E-state index contributed by atoms with van der Waals surface area (Å²) in [5, 5.41) is 21.8. The number of imide groups is 1. The van der Waals surface area contributed by atoms with Gasteiger partial charge in [-0.3, -0.25) is 15.0 Å². The van der Waals surface area contributed by atoms with E-state index in [0.717, 1.165) is 22.5 Å². The fourth-order valence-electron chi connectivity index (χ4n) is 6.94. The molecule has 5 rings (SSSR count). The van der Waals surface area contributed by atoms with Crippen LogP contribution in [-0.4, -0.2) is 108 Å². The van der Waals surface area contributed by atoms with Crippen molar-refractivity contribution < 1.29 is 48.2 Å². The van der Waals surface area contributed by atoms with Gasteiger partial charge in [-0.25, -0.2) is 34.0 Å². The average Bonchev–Trinajstić information content (AvgIpc) is 3.58. The molecule has 1 aromatic heterocycles. The number of urea groups is 1. The van der Waals surface area contributed by atoms with Crippen molar-refractivity contribution in [3.63, 3.8) is 0 Å². The predicted molar refractivity (Wildman–Crippen MR) is 224 cm³/mol. The van der Waals surface area contributed by atoms with Crippen molar-refractivity contribution in [3.05, 3.63) is 56.8 Å². The van der Waals surface area contributed by atoms with Crippen molar-refractivity contribution >= 4 is 81.9 Å². The number of ether oxygens (including phenoxy) is 4. The van der Waals surface area contributed by atoms with Gasteiger partial charge in [-0.1, -0.05) is 23.2 Å². The number of carbonyl (C=O) groups is 4. The first-order chi connectivity index (χ1) is 28.0. The summed E-state index contributed by atoms with van der Waals surface area (Å²) in [6, 6.07) is 5.93. The lowest BCUT2D eigenvalue weighted by Crippen LogP contribution is -2.48. The maximum Gasteiger partial charge on any atom is 0.423 e. The van der Waals surface area contributed by atoms with Gasteiger partial charge in [-0.15, -0.1) is 0 Å². The molecule has 2 aliphatic rings. The van der Waals surface area contributed by atoms with Gasteiger partial charge >= 0.3 is 24.3 Å². The third-order valence-corrected chi connectivity index (χ3v) is 10.6. The second-order valence-electron chi connectivity index (χ2n) is 16.3. The molecule has 0 radical (unpaired) electrons. The molecule has 0 aliphatic carbocycles. The number of likely N-dealkylation sites (tertiary alicyclic amines) is 1. The first-order valence-electron chi connectivity index (χ1n) is 18.8. The zero-order chi connectivity index (χ0) is 44.5. The van der Waals surface area contributed by atoms with Gasteiger partial charge in [0.25, 0.3) is 5.69 Å². The lowest BCUT2D eigenvalue weighted by molar-refractivity contribution is -0.384. The molecule has 0 unspecified atom stereocenters. The number of benzene rings is 2. The molecule has 21 heteroatoms. The van der Waals surface area contributed by atoms with E-state index in [1.807, 2.05) is 4.90 Å². The molecule has 2 aliphatic heterocycles. The van der Waals surface area contributed by atoms with E-state index in [4.69, 9.17) is 42.1 Å². The Morgan fingerprint density at radius 1 is 0.850 bits per heavy atom. The van der Waals surface area contributed by atoms with Gasteiger partial charge in [0, 0.05) is 57.1 Å². The Kier molecular flexibility index (Phi) is 13.1. The van der Waals surface area contributed by atoms with Crippen LogP contribution < -0.4 is 29.1 Å². The highest BCUT2D eigenvalue weighted by molar-refractivity contribution is 6.43. The lowest BCUT2D eigenvalue weighted by atomic mass is 9.78. The number of methoxy groups -OCH3 is 2. The second kappa shape index (κ2) is 17.4. The number of hydrogen-bond donors (Lipinski definition) is 1. The lowest BCUT2D eigenvalue weighted by Gasteiger charge is -2.38. The normalized spacial score (nSPS) is 15.0. The van der Waals surface area contributed by atoms with Crippen LogP contribution >= 0.6 is 23.2 Å². The van der Waals surface area contributed by atoms with Crippen molar-refractivity contribution in [1.82, 2.24) is 14.9 Å². The molecular weight excluding hydrogens is 827 g/mol. The molecule has 2 fully saturated rings. The molecule has 1 spiro atoms. The van der Waals surface area contributed by atoms with Crippen LogP contribution in [0.15, 0.2) is 36.7 Å². The summed E-state index contributed by atoms with van der Waals surface area (Å²) < 4.78 is 22.0. The van der Waals surface area contributed by atoms with E-state index in [-0.39, 0.29) is 50.0 Å². The molecule has 3 heterocycles. The number of hydrogen-bond acceptors (Lipinski definition) is 13. The third kappa shape index (κ3) is 9.79. The van der Waals surface area contributed by atoms with E-state index in [9.17, 15) is 34.4 Å². The summed E-state index contributed by atoms with van der Waals surface area (Å²) >= 11 is 13.3. The Morgan fingerprint density at radius 2 is 1.40 bits per heavy atom. The van der Waals surface area contributed by atoms with Crippen LogP contribution in [0.3, 0.4) is 0 Å². The number of aromatic nitrogens is 2. The van der Waals surface area contributed by atoms with Crippen molar-refractivity contribution in [2.45, 2.75) is 72.0 Å². The molecule has 5 amide bonds. The van der Waals surface area contributed by atoms with E-state index in [1.54, 1.807) is 47.6 Å². The Bertz CT molecular complexity index is 2140. The largest absolute Gasteiger partial charge is 0.495 e. The highest BCUT2D eigenvalue weighted by Crippen LogP contribution is 2.48. The van der Waals surface area contributed by atoms with Crippen LogP contribution in [0.1, 0.15) is 60.8 Å². The maximum atomic E-state index is 14.5. The smallest absolute Gasteiger partial charge is 0.423 e. The SMILES string of the molecule is COc1cc(OC)c(Cl)c(N(C(=O)OC(C)(C)C)C(=O)N(C)c2cc(N(C(=O)OC(C)(C)C)c3ccc(N4CCC5(CCN(C(=O)O)CC5)C4)cc3[N+](=O)[O-])ncn2)c1Cl. The van der Waals surface area contributed by atoms with Gasteiger partial charge in [0.05, 0.1) is 19.1 Å². The van der Waals surface area contributed by atoms with Crippen molar-refractivity contribution in [2.75, 3.05) is 67.0 Å². The van der Waals surface area contributed by atoms with Crippen LogP contribution in [0.4, 0.5) is 53.6 Å². The molecule has 2 saturated heterocycles. The van der Waals surface area contributed by atoms with Gasteiger partial charge < -0.3 is 33.9 Å². The molecule has 60 heavy (non-hydrogen) atoms. The molecule has 3 aromatic rings. The number of amides is 5. The van der Waals surface area contributed by atoms with E-state index < -0.39 is 46.1 Å². The number of rotatable bonds is 8. The standard InChI is InChI=1S/C39H48Cl2N8O11/c1-37(2,3)59-35(53)47(24-11-10-23(18-25(24)49(55)56)46-17-14-39(21-46)12-15-45(16-13-39)34(51)52)29-20-28(42-22-43-29)44(7)33(50)48(36(54)60-38(4,5)6)32-30(40)26(57-8)19-27(58-9)31(32)41/h10-11,18-20,22H,12-17,21H2,1-9H3,(H,51,52). The summed E-state index contributed by atoms with van der Waals surface area (Å²) in [6.45, 7) is 11.6. The van der Waals surface area contributed by atoms with Gasteiger partial charge in [0.2, 0.25) is 0 Å². The minimum atomic E-state index is -1.17. The first kappa shape index (κ1) is 45.3. The molecule has 1 N–H and O–H groups in total. The van der Waals surface area contributed by atoms with Gasteiger partial charge in [-0.05, 0) is 78.4 Å². The van der Waals surface area contributed by atoms with Crippen LogP contribution in [0.25, 0.3) is 0 Å². The Hall–Kier alpha value is -5.82. The minimum Gasteiger partial charge on any atom is -0.495 e. The fraction of sp³-hybridized carbons (Fsp3) is 0.487. The highest BCUT2D eigenvalue weighted by atomic mass is 35.5. The van der Waals surface area contributed by atoms with E-state index in [2.05, 4.69) is 9.97 Å². The molecule has 2 aromatic carbocycles. The number of carbonyl (C=O) groups excluding carboxylic acids is 3. The van der Waals surface area contributed by atoms with Crippen LogP contribution in [0.5, 0.6) is 11.5 Å². The van der Waals surface area contributed by atoms with Crippen LogP contribution in [0.2, 0.25) is 10.0 Å². The minimum absolute atomic E-state index is 0.0205. The van der Waals surface area contributed by atoms with E-state index in [0.29, 0.717) is 49.6 Å². The van der Waals surface area contributed by atoms with Crippen LogP contribution in [-0.2, 0) is 9.47 Å². The molecule has 324 valence electrons. The third-order valence-electron chi connectivity index (χ3n) is 9.91. The zero-order valence-corrected chi connectivity index (χ0v) is 36.3. The topological polar surface area (TPSA) is 211 Å². The summed E-state index contributed by atoms with van der Waals surface area (Å²) in [7, 11) is 3.91. The quantitative estimate of drug-likeness (QED) is 0.166. The molecule has 0 atom stereocenters. The Labute approximate surface area is 356 Å². The Balaban J connectivity index is 1.56. The zero-order valence-electron chi connectivity index (χ0n) is 34.8. The second-order valence-corrected chi connectivity index (χ2v) is 17.1. The van der Waals surface area contributed by atoms with Crippen LogP contribution in [0, 0.1) is 15.5 Å². The fourth-order valence-corrected chi connectivity index (χ4v) is 7.60. The molecule has 0 saturated carbocycles. The maximum absolute atomic E-state index is 14.5. The monoisotopic (exact) mass is 874 g/mol. The van der Waals surface area contributed by atoms with Gasteiger partial charge in [0.1, 0.15) is 62.1 Å². The van der Waals surface area contributed by atoms with Gasteiger partial charge in [0.15, 0.2) is 0 Å². The average molecular weight is 876 g/mol. The number of piperidine rings is 1. The van der Waals surface area contributed by atoms with Crippen molar-refractivity contribution in [3.8, 4) is 11.5 Å². The summed E-state index contributed by atoms with van der Waals surface area (Å²) in [5.74, 6) is -0.359. The number of nitrogens with zero attached hydrogens (tertiary/aromatic N) is 8. The number of anilines is 5. The first-order valence-corrected chi connectivity index (χ1v) is 19.5. The van der Waals surface area contributed by atoms with E-state index in [1.165, 1.54) is 50.4 Å².